The van der Waals surface area contributed by atoms with E-state index >= 15 is 0 Å². The van der Waals surface area contributed by atoms with Crippen molar-refractivity contribution in [2.45, 2.75) is 46.1 Å². The fourth-order valence-electron chi connectivity index (χ4n) is 1.68. The molecule has 0 rings (SSSR count). The summed E-state index contributed by atoms with van der Waals surface area (Å²) in [5.41, 5.74) is 5.75. The first-order chi connectivity index (χ1) is 6.11. The Labute approximate surface area is 83.5 Å². The maximum Gasteiger partial charge on any atom is 0.0215 e. The SMILES string of the molecule is CCCCC(CN)N(C)CC(C)C. The molecule has 0 heterocycles. The van der Waals surface area contributed by atoms with Gasteiger partial charge in [0.15, 0.2) is 0 Å². The van der Waals surface area contributed by atoms with Crippen LogP contribution in [-0.2, 0) is 0 Å². The van der Waals surface area contributed by atoms with E-state index < -0.39 is 0 Å². The summed E-state index contributed by atoms with van der Waals surface area (Å²) in [6, 6.07) is 0.586. The van der Waals surface area contributed by atoms with Crippen molar-refractivity contribution in [1.82, 2.24) is 4.90 Å². The van der Waals surface area contributed by atoms with Crippen LogP contribution in [0, 0.1) is 5.92 Å². The molecule has 0 aliphatic carbocycles. The number of nitrogens with zero attached hydrogens (tertiary/aromatic N) is 1. The first-order valence-electron chi connectivity index (χ1n) is 5.52. The normalized spacial score (nSPS) is 14.1. The molecule has 0 radical (unpaired) electrons. The summed E-state index contributed by atoms with van der Waals surface area (Å²) in [4.78, 5) is 2.40. The van der Waals surface area contributed by atoms with E-state index in [4.69, 9.17) is 5.73 Å². The zero-order chi connectivity index (χ0) is 10.3. The van der Waals surface area contributed by atoms with Crippen LogP contribution in [-0.4, -0.2) is 31.1 Å². The van der Waals surface area contributed by atoms with Gasteiger partial charge in [-0.3, -0.25) is 0 Å². The van der Waals surface area contributed by atoms with Gasteiger partial charge in [-0.25, -0.2) is 0 Å². The number of likely N-dealkylation sites (N-methyl/N-ethyl adjacent to an activating group) is 1. The quantitative estimate of drug-likeness (QED) is 0.659. The lowest BCUT2D eigenvalue weighted by molar-refractivity contribution is 0.209. The van der Waals surface area contributed by atoms with Crippen molar-refractivity contribution in [3.63, 3.8) is 0 Å². The molecule has 0 bridgehead atoms. The van der Waals surface area contributed by atoms with E-state index in [0.717, 1.165) is 19.0 Å². The summed E-state index contributed by atoms with van der Waals surface area (Å²) in [5.74, 6) is 0.737. The summed E-state index contributed by atoms with van der Waals surface area (Å²) in [7, 11) is 2.19. The predicted molar refractivity (Wildman–Crippen MR) is 59.8 cm³/mol. The Morgan fingerprint density at radius 3 is 2.31 bits per heavy atom. The zero-order valence-corrected chi connectivity index (χ0v) is 9.71. The average Bonchev–Trinajstić information content (AvgIpc) is 2.04. The van der Waals surface area contributed by atoms with Crippen molar-refractivity contribution < 1.29 is 0 Å². The van der Waals surface area contributed by atoms with Crippen molar-refractivity contribution >= 4 is 0 Å². The molecule has 0 aromatic heterocycles. The fourth-order valence-corrected chi connectivity index (χ4v) is 1.68. The van der Waals surface area contributed by atoms with Crippen LogP contribution in [0.15, 0.2) is 0 Å². The second-order valence-electron chi connectivity index (χ2n) is 4.37. The molecule has 2 nitrogen and oxygen atoms in total. The summed E-state index contributed by atoms with van der Waals surface area (Å²) < 4.78 is 0. The van der Waals surface area contributed by atoms with Crippen molar-refractivity contribution in [2.75, 3.05) is 20.1 Å². The summed E-state index contributed by atoms with van der Waals surface area (Å²) in [5, 5.41) is 0. The minimum Gasteiger partial charge on any atom is -0.329 e. The van der Waals surface area contributed by atoms with Crippen molar-refractivity contribution in [2.24, 2.45) is 11.7 Å². The van der Waals surface area contributed by atoms with Gasteiger partial charge >= 0.3 is 0 Å². The van der Waals surface area contributed by atoms with Gasteiger partial charge in [-0.15, -0.1) is 0 Å². The predicted octanol–water partition coefficient (Wildman–Crippen LogP) is 2.09. The van der Waals surface area contributed by atoms with Crippen LogP contribution in [0.3, 0.4) is 0 Å². The van der Waals surface area contributed by atoms with E-state index in [9.17, 15) is 0 Å². The van der Waals surface area contributed by atoms with E-state index in [2.05, 4.69) is 32.7 Å². The third-order valence-electron chi connectivity index (χ3n) is 2.44. The van der Waals surface area contributed by atoms with Gasteiger partial charge in [0, 0.05) is 19.1 Å². The largest absolute Gasteiger partial charge is 0.329 e. The van der Waals surface area contributed by atoms with Gasteiger partial charge in [0.25, 0.3) is 0 Å². The third kappa shape index (κ3) is 6.05. The van der Waals surface area contributed by atoms with Crippen molar-refractivity contribution in [3.05, 3.63) is 0 Å². The van der Waals surface area contributed by atoms with Crippen LogP contribution in [0.4, 0.5) is 0 Å². The van der Waals surface area contributed by atoms with Crippen LogP contribution >= 0.6 is 0 Å². The van der Waals surface area contributed by atoms with Crippen LogP contribution in [0.25, 0.3) is 0 Å². The lowest BCUT2D eigenvalue weighted by atomic mass is 10.1. The van der Waals surface area contributed by atoms with Crippen LogP contribution in [0.1, 0.15) is 40.0 Å². The van der Waals surface area contributed by atoms with Gasteiger partial charge in [-0.1, -0.05) is 33.6 Å². The molecule has 1 unspecified atom stereocenters. The second kappa shape index (κ2) is 7.34. The summed E-state index contributed by atoms with van der Waals surface area (Å²) in [6.07, 6.45) is 3.81. The maximum atomic E-state index is 5.75. The van der Waals surface area contributed by atoms with Gasteiger partial charge in [-0.05, 0) is 19.4 Å². The smallest absolute Gasteiger partial charge is 0.0215 e. The van der Waals surface area contributed by atoms with Gasteiger partial charge in [0.05, 0.1) is 0 Å². The summed E-state index contributed by atoms with van der Waals surface area (Å²) >= 11 is 0. The van der Waals surface area contributed by atoms with Gasteiger partial charge in [-0.2, -0.15) is 0 Å². The first-order valence-corrected chi connectivity index (χ1v) is 5.52. The van der Waals surface area contributed by atoms with E-state index in [1.54, 1.807) is 0 Å². The van der Waals surface area contributed by atoms with E-state index in [0.29, 0.717) is 6.04 Å². The zero-order valence-electron chi connectivity index (χ0n) is 9.71. The van der Waals surface area contributed by atoms with E-state index in [1.807, 2.05) is 0 Å². The van der Waals surface area contributed by atoms with E-state index in [1.165, 1.54) is 19.3 Å². The maximum absolute atomic E-state index is 5.75. The number of hydrogen-bond donors (Lipinski definition) is 1. The Morgan fingerprint density at radius 2 is 1.92 bits per heavy atom. The van der Waals surface area contributed by atoms with E-state index in [-0.39, 0.29) is 0 Å². The molecule has 13 heavy (non-hydrogen) atoms. The molecule has 2 N–H and O–H groups in total. The Morgan fingerprint density at radius 1 is 1.31 bits per heavy atom. The topological polar surface area (TPSA) is 29.3 Å². The minimum atomic E-state index is 0.586. The second-order valence-corrected chi connectivity index (χ2v) is 4.37. The van der Waals surface area contributed by atoms with Gasteiger partial charge in [0.2, 0.25) is 0 Å². The van der Waals surface area contributed by atoms with Gasteiger partial charge < -0.3 is 10.6 Å². The molecule has 0 aromatic carbocycles. The highest BCUT2D eigenvalue weighted by Gasteiger charge is 2.12. The molecule has 0 aromatic rings. The molecule has 0 aliphatic heterocycles. The molecule has 80 valence electrons. The Hall–Kier alpha value is -0.0800. The van der Waals surface area contributed by atoms with Crippen molar-refractivity contribution in [3.8, 4) is 0 Å². The lowest BCUT2D eigenvalue weighted by Crippen LogP contribution is -2.39. The van der Waals surface area contributed by atoms with Crippen LogP contribution in [0.2, 0.25) is 0 Å². The molecule has 0 spiro atoms. The third-order valence-corrected chi connectivity index (χ3v) is 2.44. The average molecular weight is 186 g/mol. The van der Waals surface area contributed by atoms with Gasteiger partial charge in [0.1, 0.15) is 0 Å². The molecular weight excluding hydrogens is 160 g/mol. The molecule has 0 fully saturated rings. The number of nitrogens with two attached hydrogens (primary N) is 1. The number of hydrogen-bond acceptors (Lipinski definition) is 2. The van der Waals surface area contributed by atoms with Crippen molar-refractivity contribution in [1.29, 1.82) is 0 Å². The fraction of sp³-hybridized carbons (Fsp3) is 1.00. The molecular formula is C11H26N2. The Kier molecular flexibility index (Phi) is 7.29. The standard InChI is InChI=1S/C11H26N2/c1-5-6-7-11(8-12)13(4)9-10(2)3/h10-11H,5-9,12H2,1-4H3. The lowest BCUT2D eigenvalue weighted by Gasteiger charge is -2.28. The minimum absolute atomic E-state index is 0.586. The Bertz CT molecular complexity index is 113. The molecule has 0 saturated carbocycles. The monoisotopic (exact) mass is 186 g/mol. The highest BCUT2D eigenvalue weighted by molar-refractivity contribution is 4.70. The highest BCUT2D eigenvalue weighted by atomic mass is 15.1. The van der Waals surface area contributed by atoms with Crippen LogP contribution in [0.5, 0.6) is 0 Å². The Balaban J connectivity index is 3.77. The number of unbranched alkanes of at least 4 members (excludes halogenated alkanes) is 1. The first kappa shape index (κ1) is 12.9. The summed E-state index contributed by atoms with van der Waals surface area (Å²) in [6.45, 7) is 8.69. The molecule has 0 aliphatic rings. The molecule has 0 amide bonds. The molecule has 2 heteroatoms. The highest BCUT2D eigenvalue weighted by Crippen LogP contribution is 2.08. The molecule has 1 atom stereocenters. The number of rotatable bonds is 7. The molecule has 0 saturated heterocycles. The van der Waals surface area contributed by atoms with Crippen LogP contribution < -0.4 is 5.73 Å².